The van der Waals surface area contributed by atoms with E-state index in [0.717, 1.165) is 15.9 Å². The molecule has 2 aromatic rings. The smallest absolute Gasteiger partial charge is 0.333 e. The zero-order chi connectivity index (χ0) is 13.0. The second-order valence-electron chi connectivity index (χ2n) is 3.79. The number of thiazole rings is 1. The lowest BCUT2D eigenvalue weighted by atomic mass is 10.2. The largest absolute Gasteiger partial charge is 0.466 e. The number of rotatable bonds is 4. The molecule has 0 fully saturated rings. The van der Waals surface area contributed by atoms with Crippen molar-refractivity contribution in [2.75, 3.05) is 19.0 Å². The molecule has 0 amide bonds. The minimum atomic E-state index is -0.297. The number of carbonyl (C=O) groups is 1. The maximum absolute atomic E-state index is 11.2. The number of nitrogens with one attached hydrogen (secondary N) is 1. The number of benzene rings is 1. The zero-order valence-corrected chi connectivity index (χ0v) is 11.1. The Bertz CT molecular complexity index is 589. The van der Waals surface area contributed by atoms with Crippen LogP contribution < -0.4 is 5.32 Å². The Morgan fingerprint density at radius 1 is 1.56 bits per heavy atom. The molecule has 0 aliphatic carbocycles. The van der Waals surface area contributed by atoms with Crippen LogP contribution in [-0.4, -0.2) is 24.6 Å². The summed E-state index contributed by atoms with van der Waals surface area (Å²) in [6.45, 7) is 2.32. The highest BCUT2D eigenvalue weighted by Crippen LogP contribution is 2.21. The van der Waals surface area contributed by atoms with Gasteiger partial charge in [-0.25, -0.2) is 9.78 Å². The van der Waals surface area contributed by atoms with Gasteiger partial charge in [0.15, 0.2) is 0 Å². The fraction of sp³-hybridized carbons (Fsp3) is 0.231. The third-order valence-corrected chi connectivity index (χ3v) is 3.34. The minimum absolute atomic E-state index is 0.297. The Balaban J connectivity index is 1.99. The fourth-order valence-electron chi connectivity index (χ4n) is 1.53. The molecule has 0 saturated heterocycles. The molecule has 0 spiro atoms. The van der Waals surface area contributed by atoms with E-state index in [9.17, 15) is 4.79 Å². The first kappa shape index (κ1) is 12.6. The number of carbonyl (C=O) groups excluding carboxylic acids is 1. The third-order valence-electron chi connectivity index (χ3n) is 2.55. The van der Waals surface area contributed by atoms with Crippen molar-refractivity contribution in [1.29, 1.82) is 0 Å². The van der Waals surface area contributed by atoms with Gasteiger partial charge in [-0.05, 0) is 25.1 Å². The summed E-state index contributed by atoms with van der Waals surface area (Å²) < 4.78 is 5.77. The summed E-state index contributed by atoms with van der Waals surface area (Å²) in [4.78, 5) is 15.4. The maximum atomic E-state index is 11.2. The predicted octanol–water partition coefficient (Wildman–Crippen LogP) is 2.83. The van der Waals surface area contributed by atoms with E-state index in [1.54, 1.807) is 18.3 Å². The van der Waals surface area contributed by atoms with Gasteiger partial charge in [0.2, 0.25) is 0 Å². The summed E-state index contributed by atoms with van der Waals surface area (Å²) in [5.74, 6) is -0.297. The quantitative estimate of drug-likeness (QED) is 0.680. The molecular weight excluding hydrogens is 248 g/mol. The van der Waals surface area contributed by atoms with Gasteiger partial charge in [-0.3, -0.25) is 0 Å². The minimum Gasteiger partial charge on any atom is -0.466 e. The standard InChI is InChI=1S/C13H14N2O2S/c1-9(13(16)17-2)5-6-14-10-3-4-11-12(7-10)18-8-15-11/h3-5,7-8,14H,6H2,1-2H3/b9-5+. The predicted molar refractivity (Wildman–Crippen MR) is 73.9 cm³/mol. The van der Waals surface area contributed by atoms with Crippen LogP contribution >= 0.6 is 11.3 Å². The molecule has 1 heterocycles. The molecule has 4 nitrogen and oxygen atoms in total. The van der Waals surface area contributed by atoms with Crippen molar-refractivity contribution < 1.29 is 9.53 Å². The summed E-state index contributed by atoms with van der Waals surface area (Å²) in [5, 5.41) is 3.23. The van der Waals surface area contributed by atoms with Gasteiger partial charge in [-0.1, -0.05) is 6.08 Å². The van der Waals surface area contributed by atoms with Crippen molar-refractivity contribution in [3.63, 3.8) is 0 Å². The lowest BCUT2D eigenvalue weighted by Crippen LogP contribution is -2.05. The van der Waals surface area contributed by atoms with E-state index in [4.69, 9.17) is 0 Å². The summed E-state index contributed by atoms with van der Waals surface area (Å²) in [5.41, 5.74) is 4.45. The van der Waals surface area contributed by atoms with Crippen LogP contribution in [0.2, 0.25) is 0 Å². The number of anilines is 1. The normalized spacial score (nSPS) is 11.6. The van der Waals surface area contributed by atoms with E-state index in [2.05, 4.69) is 15.0 Å². The number of ether oxygens (including phenoxy) is 1. The summed E-state index contributed by atoms with van der Waals surface area (Å²) in [6, 6.07) is 6.00. The van der Waals surface area contributed by atoms with Crippen molar-refractivity contribution in [2.24, 2.45) is 0 Å². The monoisotopic (exact) mass is 262 g/mol. The van der Waals surface area contributed by atoms with Crippen LogP contribution in [0.5, 0.6) is 0 Å². The van der Waals surface area contributed by atoms with Crippen LogP contribution in [-0.2, 0) is 9.53 Å². The molecule has 1 N–H and O–H groups in total. The van der Waals surface area contributed by atoms with Gasteiger partial charge in [-0.2, -0.15) is 0 Å². The number of esters is 1. The van der Waals surface area contributed by atoms with Gasteiger partial charge in [0.1, 0.15) is 0 Å². The molecule has 0 aliphatic rings. The average Bonchev–Trinajstić information content (AvgIpc) is 2.85. The Morgan fingerprint density at radius 3 is 3.17 bits per heavy atom. The Labute approximate surface area is 109 Å². The molecule has 2 rings (SSSR count). The lowest BCUT2D eigenvalue weighted by molar-refractivity contribution is -0.136. The zero-order valence-electron chi connectivity index (χ0n) is 10.3. The number of hydrogen-bond acceptors (Lipinski definition) is 5. The van der Waals surface area contributed by atoms with E-state index in [1.165, 1.54) is 7.11 Å². The molecule has 1 aromatic carbocycles. The number of methoxy groups -OCH3 is 1. The molecule has 1 aromatic heterocycles. The van der Waals surface area contributed by atoms with E-state index in [-0.39, 0.29) is 5.97 Å². The highest BCUT2D eigenvalue weighted by atomic mass is 32.1. The van der Waals surface area contributed by atoms with Crippen LogP contribution in [0.25, 0.3) is 10.2 Å². The van der Waals surface area contributed by atoms with Crippen molar-refractivity contribution >= 4 is 33.2 Å². The Kier molecular flexibility index (Phi) is 3.94. The second kappa shape index (κ2) is 5.64. The van der Waals surface area contributed by atoms with Gasteiger partial charge >= 0.3 is 5.97 Å². The van der Waals surface area contributed by atoms with Gasteiger partial charge in [0.05, 0.1) is 22.8 Å². The molecule has 5 heteroatoms. The molecule has 18 heavy (non-hydrogen) atoms. The van der Waals surface area contributed by atoms with Gasteiger partial charge in [0.25, 0.3) is 0 Å². The van der Waals surface area contributed by atoms with Crippen molar-refractivity contribution in [1.82, 2.24) is 4.98 Å². The van der Waals surface area contributed by atoms with E-state index in [0.29, 0.717) is 12.1 Å². The number of nitrogens with zero attached hydrogens (tertiary/aromatic N) is 1. The summed E-state index contributed by atoms with van der Waals surface area (Å²) in [6.07, 6.45) is 1.81. The molecule has 0 aliphatic heterocycles. The van der Waals surface area contributed by atoms with Crippen LogP contribution in [0.15, 0.2) is 35.4 Å². The number of fused-ring (bicyclic) bond motifs is 1. The summed E-state index contributed by atoms with van der Waals surface area (Å²) in [7, 11) is 1.38. The highest BCUT2D eigenvalue weighted by Gasteiger charge is 2.02. The van der Waals surface area contributed by atoms with Crippen LogP contribution in [0.1, 0.15) is 6.92 Å². The first-order valence-electron chi connectivity index (χ1n) is 5.53. The SMILES string of the molecule is COC(=O)/C(C)=C/CNc1ccc2ncsc2c1. The van der Waals surface area contributed by atoms with Crippen LogP contribution in [0, 0.1) is 0 Å². The topological polar surface area (TPSA) is 51.2 Å². The van der Waals surface area contributed by atoms with Gasteiger partial charge < -0.3 is 10.1 Å². The van der Waals surface area contributed by atoms with E-state index < -0.39 is 0 Å². The second-order valence-corrected chi connectivity index (χ2v) is 4.68. The molecule has 0 unspecified atom stereocenters. The molecule has 0 radical (unpaired) electrons. The summed E-state index contributed by atoms with van der Waals surface area (Å²) >= 11 is 1.61. The van der Waals surface area contributed by atoms with Crippen molar-refractivity contribution in [3.8, 4) is 0 Å². The highest BCUT2D eigenvalue weighted by molar-refractivity contribution is 7.16. The third kappa shape index (κ3) is 2.87. The van der Waals surface area contributed by atoms with Crippen LogP contribution in [0.4, 0.5) is 5.69 Å². The Morgan fingerprint density at radius 2 is 2.39 bits per heavy atom. The van der Waals surface area contributed by atoms with E-state index >= 15 is 0 Å². The molecule has 94 valence electrons. The van der Waals surface area contributed by atoms with Crippen molar-refractivity contribution in [2.45, 2.75) is 6.92 Å². The first-order chi connectivity index (χ1) is 8.70. The van der Waals surface area contributed by atoms with E-state index in [1.807, 2.05) is 29.8 Å². The fourth-order valence-corrected chi connectivity index (χ4v) is 2.25. The van der Waals surface area contributed by atoms with Crippen LogP contribution in [0.3, 0.4) is 0 Å². The number of hydrogen-bond donors (Lipinski definition) is 1. The number of aromatic nitrogens is 1. The van der Waals surface area contributed by atoms with Crippen molar-refractivity contribution in [3.05, 3.63) is 35.4 Å². The van der Waals surface area contributed by atoms with Gasteiger partial charge in [-0.15, -0.1) is 11.3 Å². The molecule has 0 atom stereocenters. The average molecular weight is 262 g/mol. The molecular formula is C13H14N2O2S. The maximum Gasteiger partial charge on any atom is 0.333 e. The molecule has 0 saturated carbocycles. The van der Waals surface area contributed by atoms with Gasteiger partial charge in [0, 0.05) is 17.8 Å². The Hall–Kier alpha value is -1.88. The lowest BCUT2D eigenvalue weighted by Gasteiger charge is -2.04. The molecule has 0 bridgehead atoms. The first-order valence-corrected chi connectivity index (χ1v) is 6.41.